The lowest BCUT2D eigenvalue weighted by Gasteiger charge is -2.37. The van der Waals surface area contributed by atoms with E-state index in [1.165, 1.54) is 12.8 Å². The Morgan fingerprint density at radius 2 is 1.88 bits per heavy atom. The SMILES string of the molecule is COc1ccc2ccccc2c1[S@@](=O)[C@@H]1CC[C@H](C)C[C@H]1C(C)C. The quantitative estimate of drug-likeness (QED) is 0.740. The summed E-state index contributed by atoms with van der Waals surface area (Å²) in [6.45, 7) is 6.87. The summed E-state index contributed by atoms with van der Waals surface area (Å²) >= 11 is 0. The highest BCUT2D eigenvalue weighted by Gasteiger charge is 2.36. The Balaban J connectivity index is 2.07. The Hall–Kier alpha value is -1.35. The molecule has 0 aliphatic heterocycles. The minimum absolute atomic E-state index is 0.223. The van der Waals surface area contributed by atoms with Crippen molar-refractivity contribution in [2.45, 2.75) is 50.2 Å². The van der Waals surface area contributed by atoms with Crippen molar-refractivity contribution < 1.29 is 8.95 Å². The molecule has 0 unspecified atom stereocenters. The lowest BCUT2D eigenvalue weighted by molar-refractivity contribution is 0.232. The van der Waals surface area contributed by atoms with Gasteiger partial charge in [-0.1, -0.05) is 51.1 Å². The molecule has 0 saturated heterocycles. The maximum absolute atomic E-state index is 13.6. The first-order chi connectivity index (χ1) is 11.5. The van der Waals surface area contributed by atoms with Gasteiger partial charge in [-0.05, 0) is 48.5 Å². The Bertz CT molecular complexity index is 738. The van der Waals surface area contributed by atoms with Crippen LogP contribution in [0.4, 0.5) is 0 Å². The predicted octanol–water partition coefficient (Wildman–Crippen LogP) is 5.42. The van der Waals surface area contributed by atoms with Crippen molar-refractivity contribution in [1.82, 2.24) is 0 Å². The van der Waals surface area contributed by atoms with E-state index in [-0.39, 0.29) is 5.25 Å². The number of ether oxygens (including phenoxy) is 1. The molecule has 3 rings (SSSR count). The first kappa shape index (κ1) is 17.5. The Labute approximate surface area is 148 Å². The summed E-state index contributed by atoms with van der Waals surface area (Å²) in [6.07, 6.45) is 3.40. The number of benzene rings is 2. The van der Waals surface area contributed by atoms with Crippen LogP contribution in [0.2, 0.25) is 0 Å². The predicted molar refractivity (Wildman–Crippen MR) is 102 cm³/mol. The van der Waals surface area contributed by atoms with E-state index in [1.54, 1.807) is 7.11 Å². The molecule has 2 nitrogen and oxygen atoms in total. The van der Waals surface area contributed by atoms with E-state index >= 15 is 0 Å². The lowest BCUT2D eigenvalue weighted by Crippen LogP contribution is -2.35. The Morgan fingerprint density at radius 3 is 2.58 bits per heavy atom. The molecule has 0 aromatic heterocycles. The van der Waals surface area contributed by atoms with Crippen LogP contribution in [0.1, 0.15) is 40.0 Å². The maximum atomic E-state index is 13.6. The molecular weight excluding hydrogens is 316 g/mol. The van der Waals surface area contributed by atoms with Gasteiger partial charge in [0.15, 0.2) is 0 Å². The molecular formula is C21H28O2S. The number of fused-ring (bicyclic) bond motifs is 1. The molecule has 4 atom stereocenters. The third-order valence-corrected chi connectivity index (χ3v) is 7.45. The summed E-state index contributed by atoms with van der Waals surface area (Å²) in [6, 6.07) is 12.2. The fourth-order valence-corrected chi connectivity index (χ4v) is 6.26. The molecule has 3 heteroatoms. The summed E-state index contributed by atoms with van der Waals surface area (Å²) in [5, 5.41) is 2.42. The van der Waals surface area contributed by atoms with Crippen molar-refractivity contribution in [3.63, 3.8) is 0 Å². The van der Waals surface area contributed by atoms with E-state index in [0.29, 0.717) is 11.8 Å². The smallest absolute Gasteiger partial charge is 0.135 e. The number of methoxy groups -OCH3 is 1. The molecule has 0 amide bonds. The highest BCUT2D eigenvalue weighted by molar-refractivity contribution is 7.86. The molecule has 1 aliphatic rings. The van der Waals surface area contributed by atoms with E-state index in [1.807, 2.05) is 18.2 Å². The summed E-state index contributed by atoms with van der Waals surface area (Å²) in [5.74, 6) is 2.56. The van der Waals surface area contributed by atoms with Crippen LogP contribution in [0, 0.1) is 17.8 Å². The van der Waals surface area contributed by atoms with Gasteiger partial charge in [0.25, 0.3) is 0 Å². The first-order valence-corrected chi connectivity index (χ1v) is 10.2. The van der Waals surface area contributed by atoms with Crippen molar-refractivity contribution in [2.24, 2.45) is 17.8 Å². The van der Waals surface area contributed by atoms with E-state index < -0.39 is 10.8 Å². The lowest BCUT2D eigenvalue weighted by atomic mass is 9.76. The monoisotopic (exact) mass is 344 g/mol. The van der Waals surface area contributed by atoms with Gasteiger partial charge in [0.05, 0.1) is 22.8 Å². The van der Waals surface area contributed by atoms with Gasteiger partial charge in [0.1, 0.15) is 5.75 Å². The molecule has 1 aliphatic carbocycles. The molecule has 0 bridgehead atoms. The molecule has 130 valence electrons. The minimum Gasteiger partial charge on any atom is -0.495 e. The summed E-state index contributed by atoms with van der Waals surface area (Å²) in [5.41, 5.74) is 0. The van der Waals surface area contributed by atoms with Crippen molar-refractivity contribution in [3.05, 3.63) is 36.4 Å². The maximum Gasteiger partial charge on any atom is 0.135 e. The molecule has 1 saturated carbocycles. The summed E-state index contributed by atoms with van der Waals surface area (Å²) in [7, 11) is 0.628. The molecule has 24 heavy (non-hydrogen) atoms. The van der Waals surface area contributed by atoms with Gasteiger partial charge in [-0.2, -0.15) is 0 Å². The molecule has 0 N–H and O–H groups in total. The average Bonchev–Trinajstić information content (AvgIpc) is 2.60. The van der Waals surface area contributed by atoms with Crippen LogP contribution in [0.3, 0.4) is 0 Å². The Morgan fingerprint density at radius 1 is 1.12 bits per heavy atom. The van der Waals surface area contributed by atoms with Gasteiger partial charge in [-0.15, -0.1) is 0 Å². The van der Waals surface area contributed by atoms with Crippen LogP contribution in [-0.2, 0) is 10.8 Å². The second-order valence-corrected chi connectivity index (χ2v) is 9.09. The zero-order valence-electron chi connectivity index (χ0n) is 15.1. The second-order valence-electron chi connectivity index (χ2n) is 7.48. The molecule has 1 fully saturated rings. The van der Waals surface area contributed by atoms with Crippen molar-refractivity contribution in [3.8, 4) is 5.75 Å². The number of rotatable bonds is 4. The van der Waals surface area contributed by atoms with Gasteiger partial charge in [-0.25, -0.2) is 0 Å². The van der Waals surface area contributed by atoms with E-state index in [9.17, 15) is 4.21 Å². The molecule has 2 aromatic carbocycles. The van der Waals surface area contributed by atoms with Crippen LogP contribution in [0.25, 0.3) is 10.8 Å². The van der Waals surface area contributed by atoms with Crippen molar-refractivity contribution in [2.75, 3.05) is 7.11 Å². The van der Waals surface area contributed by atoms with Crippen molar-refractivity contribution >= 4 is 21.6 Å². The molecule has 2 aromatic rings. The highest BCUT2D eigenvalue weighted by Crippen LogP contribution is 2.41. The summed E-state index contributed by atoms with van der Waals surface area (Å²) < 4.78 is 19.2. The third-order valence-electron chi connectivity index (χ3n) is 5.49. The van der Waals surface area contributed by atoms with Gasteiger partial charge < -0.3 is 4.74 Å². The minimum atomic E-state index is -1.05. The largest absolute Gasteiger partial charge is 0.495 e. The van der Waals surface area contributed by atoms with Gasteiger partial charge in [0, 0.05) is 10.6 Å². The van der Waals surface area contributed by atoms with Crippen LogP contribution < -0.4 is 4.74 Å². The average molecular weight is 345 g/mol. The topological polar surface area (TPSA) is 26.3 Å². The van der Waals surface area contributed by atoms with Crippen LogP contribution >= 0.6 is 0 Å². The standard InChI is InChI=1S/C21H28O2S/c1-14(2)18-13-15(3)9-12-20(18)24(22)21-17-8-6-5-7-16(17)10-11-19(21)23-4/h5-8,10-11,14-15,18,20H,9,12-13H2,1-4H3/t15-,18-,20+,24-/m0/s1. The molecule has 0 radical (unpaired) electrons. The zero-order chi connectivity index (χ0) is 17.3. The van der Waals surface area contributed by atoms with Gasteiger partial charge in [0.2, 0.25) is 0 Å². The fraction of sp³-hybridized carbons (Fsp3) is 0.524. The van der Waals surface area contributed by atoms with Gasteiger partial charge in [-0.3, -0.25) is 4.21 Å². The Kier molecular flexibility index (Phi) is 5.29. The van der Waals surface area contributed by atoms with E-state index in [2.05, 4.69) is 39.0 Å². The van der Waals surface area contributed by atoms with Crippen LogP contribution in [0.5, 0.6) is 5.75 Å². The van der Waals surface area contributed by atoms with E-state index in [0.717, 1.165) is 33.8 Å². The van der Waals surface area contributed by atoms with Crippen molar-refractivity contribution in [1.29, 1.82) is 0 Å². The first-order valence-electron chi connectivity index (χ1n) is 8.99. The van der Waals surface area contributed by atoms with Gasteiger partial charge >= 0.3 is 0 Å². The van der Waals surface area contributed by atoms with E-state index in [4.69, 9.17) is 4.74 Å². The number of hydrogen-bond acceptors (Lipinski definition) is 2. The van der Waals surface area contributed by atoms with Crippen LogP contribution in [-0.4, -0.2) is 16.6 Å². The third kappa shape index (κ3) is 3.23. The number of hydrogen-bond donors (Lipinski definition) is 0. The highest BCUT2D eigenvalue weighted by atomic mass is 32.2. The van der Waals surface area contributed by atoms with Crippen LogP contribution in [0.15, 0.2) is 41.3 Å². The second kappa shape index (κ2) is 7.26. The molecule has 0 heterocycles. The normalized spacial score (nSPS) is 25.8. The zero-order valence-corrected chi connectivity index (χ0v) is 15.9. The molecule has 0 spiro atoms. The summed E-state index contributed by atoms with van der Waals surface area (Å²) in [4.78, 5) is 0.890. The fourth-order valence-electron chi connectivity index (χ4n) is 4.11.